The van der Waals surface area contributed by atoms with E-state index in [1.807, 2.05) is 6.08 Å². The standard InChI is InChI=1S/C80H145NO10/c1-4-7-10-13-16-19-22-25-27-29-31-33-35-37-39-41-43-45-47-50-53-56-59-62-65-68-75(85)91-78-77(87)76(86)74(69-82)90-80(78)89-70-71(72(83)66-63-60-57-54-51-48-24-21-18-15-12-9-6-3)81-79(88)73(84)67-64-61-58-55-52-49-46-44-42-40-38-36-34-32-30-28-26-23-20-17-14-11-8-5-2/h8,11,17,20,26,28,32,34,38,40,63,66,71-74,76-78,80,82-84,86-87H,4-7,9-10,12-16,18-19,21-25,27,29-31,33,35-37,39,41-62,64-65,67-70H2,1-3H3,(H,81,88)/b11-8-,20-17-,28-26-,34-32-,40-38-,66-63+. The molecule has 0 spiro atoms. The molecule has 1 aliphatic rings. The zero-order chi connectivity index (χ0) is 66.0. The normalized spacial score (nSPS) is 18.4. The maximum absolute atomic E-state index is 13.5. The second kappa shape index (κ2) is 67.1. The molecule has 8 unspecified atom stereocenters. The summed E-state index contributed by atoms with van der Waals surface area (Å²) in [7, 11) is 0. The number of allylic oxidation sites excluding steroid dienone is 11. The van der Waals surface area contributed by atoms with Crippen LogP contribution in [0.25, 0.3) is 0 Å². The van der Waals surface area contributed by atoms with Crippen molar-refractivity contribution in [3.63, 3.8) is 0 Å². The van der Waals surface area contributed by atoms with Crippen molar-refractivity contribution in [1.82, 2.24) is 5.32 Å². The first-order valence-corrected chi connectivity index (χ1v) is 38.7. The van der Waals surface area contributed by atoms with E-state index in [9.17, 15) is 35.1 Å². The SMILES string of the molecule is CC/C=C\C/C=C\C/C=C\C/C=C\C/C=C\CCCCCCCCCCC(O)C(=O)NC(COC1OC(CO)C(O)C(O)C1OC(=O)CCCCCCCCCCCCCCCCCCCCCCCCCCC)C(O)/C=C/CCCCCCCCCCCCC. The monoisotopic (exact) mass is 1280 g/mol. The van der Waals surface area contributed by atoms with E-state index in [0.29, 0.717) is 12.8 Å². The summed E-state index contributed by atoms with van der Waals surface area (Å²) in [5, 5.41) is 57.4. The molecule has 0 bridgehead atoms. The van der Waals surface area contributed by atoms with Gasteiger partial charge in [0.15, 0.2) is 12.4 Å². The Balaban J connectivity index is 2.54. The Hall–Kier alpha value is -2.90. The van der Waals surface area contributed by atoms with Crippen LogP contribution in [-0.2, 0) is 23.8 Å². The van der Waals surface area contributed by atoms with Crippen LogP contribution in [-0.4, -0.2) is 99.6 Å². The molecule has 1 aliphatic heterocycles. The number of esters is 1. The molecule has 1 heterocycles. The number of hydrogen-bond donors (Lipinski definition) is 6. The lowest BCUT2D eigenvalue weighted by molar-refractivity contribution is -0.305. The fourth-order valence-corrected chi connectivity index (χ4v) is 12.1. The van der Waals surface area contributed by atoms with Crippen LogP contribution in [0.4, 0.5) is 0 Å². The Morgan fingerprint density at radius 2 is 0.791 bits per heavy atom. The zero-order valence-corrected chi connectivity index (χ0v) is 59.2. The molecule has 0 aromatic carbocycles. The second-order valence-corrected chi connectivity index (χ2v) is 26.7. The van der Waals surface area contributed by atoms with Gasteiger partial charge in [-0.25, -0.2) is 0 Å². The molecular weight excluding hydrogens is 1130 g/mol. The third-order valence-electron chi connectivity index (χ3n) is 18.1. The predicted molar refractivity (Wildman–Crippen MR) is 384 cm³/mol. The van der Waals surface area contributed by atoms with Gasteiger partial charge in [0.1, 0.15) is 24.4 Å². The lowest BCUT2D eigenvalue weighted by Gasteiger charge is -2.41. The van der Waals surface area contributed by atoms with Gasteiger partial charge in [0.25, 0.3) is 0 Å². The number of ether oxygens (including phenoxy) is 3. The molecule has 0 aromatic heterocycles. The molecule has 11 heteroatoms. The molecule has 0 aromatic rings. The molecule has 0 radical (unpaired) electrons. The number of aliphatic hydroxyl groups is 5. The van der Waals surface area contributed by atoms with Gasteiger partial charge in [0.2, 0.25) is 5.91 Å². The first kappa shape index (κ1) is 86.1. The predicted octanol–water partition coefficient (Wildman–Crippen LogP) is 20.6. The Bertz CT molecular complexity index is 1760. The van der Waals surface area contributed by atoms with Crippen molar-refractivity contribution in [2.75, 3.05) is 13.2 Å². The zero-order valence-electron chi connectivity index (χ0n) is 59.2. The van der Waals surface area contributed by atoms with E-state index in [2.05, 4.69) is 86.8 Å². The van der Waals surface area contributed by atoms with E-state index in [1.54, 1.807) is 6.08 Å². The van der Waals surface area contributed by atoms with E-state index in [0.717, 1.165) is 96.3 Å². The van der Waals surface area contributed by atoms with Crippen LogP contribution in [0.15, 0.2) is 72.9 Å². The summed E-state index contributed by atoms with van der Waals surface area (Å²) in [5.41, 5.74) is 0. The largest absolute Gasteiger partial charge is 0.454 e. The average Bonchev–Trinajstić information content (AvgIpc) is 1.00. The molecule has 1 rings (SSSR count). The lowest BCUT2D eigenvalue weighted by Crippen LogP contribution is -2.61. The van der Waals surface area contributed by atoms with Gasteiger partial charge in [0, 0.05) is 6.42 Å². The number of aliphatic hydroxyl groups excluding tert-OH is 5. The van der Waals surface area contributed by atoms with Gasteiger partial charge in [-0.2, -0.15) is 0 Å². The van der Waals surface area contributed by atoms with Gasteiger partial charge in [-0.05, 0) is 70.6 Å². The van der Waals surface area contributed by atoms with Gasteiger partial charge in [0.05, 0.1) is 25.4 Å². The summed E-state index contributed by atoms with van der Waals surface area (Å²) in [6, 6.07) is -1.03. The highest BCUT2D eigenvalue weighted by molar-refractivity contribution is 5.80. The number of nitrogens with one attached hydrogen (secondary N) is 1. The smallest absolute Gasteiger partial charge is 0.306 e. The second-order valence-electron chi connectivity index (χ2n) is 26.7. The number of hydrogen-bond acceptors (Lipinski definition) is 10. The summed E-state index contributed by atoms with van der Waals surface area (Å²) in [5.74, 6) is -1.19. The molecule has 11 nitrogen and oxygen atoms in total. The first-order chi connectivity index (χ1) is 44.7. The summed E-state index contributed by atoms with van der Waals surface area (Å²) in [4.78, 5) is 26.8. The van der Waals surface area contributed by atoms with Crippen LogP contribution < -0.4 is 5.32 Å². The van der Waals surface area contributed by atoms with E-state index in [4.69, 9.17) is 14.2 Å². The van der Waals surface area contributed by atoms with E-state index in [-0.39, 0.29) is 19.4 Å². The van der Waals surface area contributed by atoms with Crippen LogP contribution in [0, 0.1) is 0 Å². The van der Waals surface area contributed by atoms with Crippen molar-refractivity contribution in [2.24, 2.45) is 0 Å². The van der Waals surface area contributed by atoms with Gasteiger partial charge >= 0.3 is 5.97 Å². The highest BCUT2D eigenvalue weighted by Crippen LogP contribution is 2.27. The third-order valence-corrected chi connectivity index (χ3v) is 18.1. The summed E-state index contributed by atoms with van der Waals surface area (Å²) < 4.78 is 17.8. The number of carbonyl (C=O) groups is 2. The molecule has 0 saturated carbocycles. The number of unbranched alkanes of at least 4 members (excludes halogenated alkanes) is 43. The molecular formula is C80H145NO10. The van der Waals surface area contributed by atoms with E-state index < -0.39 is 67.4 Å². The first-order valence-electron chi connectivity index (χ1n) is 38.7. The Labute approximate surface area is 560 Å². The minimum absolute atomic E-state index is 0.126. The lowest BCUT2D eigenvalue weighted by atomic mass is 9.99. The molecule has 530 valence electrons. The van der Waals surface area contributed by atoms with Crippen LogP contribution in [0.3, 0.4) is 0 Å². The van der Waals surface area contributed by atoms with Crippen LogP contribution in [0.2, 0.25) is 0 Å². The maximum atomic E-state index is 13.5. The summed E-state index contributed by atoms with van der Waals surface area (Å²) in [6.45, 7) is 5.73. The Morgan fingerprint density at radius 3 is 1.19 bits per heavy atom. The molecule has 1 saturated heterocycles. The van der Waals surface area contributed by atoms with Crippen molar-refractivity contribution in [3.8, 4) is 0 Å². The third kappa shape index (κ3) is 54.0. The topological polar surface area (TPSA) is 175 Å². The number of carbonyl (C=O) groups excluding carboxylic acids is 2. The molecule has 0 aliphatic carbocycles. The molecule has 1 fully saturated rings. The van der Waals surface area contributed by atoms with Crippen LogP contribution in [0.5, 0.6) is 0 Å². The molecule has 1 amide bonds. The van der Waals surface area contributed by atoms with Crippen molar-refractivity contribution in [1.29, 1.82) is 0 Å². The average molecular weight is 1280 g/mol. The van der Waals surface area contributed by atoms with Crippen molar-refractivity contribution < 1.29 is 49.3 Å². The fourth-order valence-electron chi connectivity index (χ4n) is 12.1. The maximum Gasteiger partial charge on any atom is 0.306 e. The highest BCUT2D eigenvalue weighted by atomic mass is 16.7. The van der Waals surface area contributed by atoms with E-state index >= 15 is 0 Å². The van der Waals surface area contributed by atoms with Gasteiger partial charge in [-0.15, -0.1) is 0 Å². The fraction of sp³-hybridized carbons (Fsp3) is 0.825. The van der Waals surface area contributed by atoms with Crippen molar-refractivity contribution in [2.45, 2.75) is 410 Å². The van der Waals surface area contributed by atoms with Gasteiger partial charge < -0.3 is 45.1 Å². The van der Waals surface area contributed by atoms with Gasteiger partial charge in [-0.1, -0.05) is 357 Å². The quantitative estimate of drug-likeness (QED) is 0.0195. The Kier molecular flexibility index (Phi) is 63.5. The van der Waals surface area contributed by atoms with Crippen LogP contribution >= 0.6 is 0 Å². The number of amides is 1. The van der Waals surface area contributed by atoms with Gasteiger partial charge in [-0.3, -0.25) is 9.59 Å². The van der Waals surface area contributed by atoms with E-state index in [1.165, 1.54) is 218 Å². The van der Waals surface area contributed by atoms with Crippen LogP contribution in [0.1, 0.15) is 361 Å². The molecule has 6 N–H and O–H groups in total. The minimum atomic E-state index is -1.62. The summed E-state index contributed by atoms with van der Waals surface area (Å²) in [6.07, 6.45) is 78.1. The Morgan fingerprint density at radius 1 is 0.440 bits per heavy atom. The van der Waals surface area contributed by atoms with Crippen molar-refractivity contribution in [3.05, 3.63) is 72.9 Å². The molecule has 91 heavy (non-hydrogen) atoms. The highest BCUT2D eigenvalue weighted by Gasteiger charge is 2.47. The summed E-state index contributed by atoms with van der Waals surface area (Å²) >= 11 is 0. The van der Waals surface area contributed by atoms with Crippen molar-refractivity contribution >= 4 is 11.9 Å². The minimum Gasteiger partial charge on any atom is -0.454 e. The molecule has 8 atom stereocenters. The number of rotatable bonds is 67.